The second kappa shape index (κ2) is 7.50. The first-order chi connectivity index (χ1) is 13.0. The summed E-state index contributed by atoms with van der Waals surface area (Å²) >= 11 is 0. The number of nitrogens with zero attached hydrogens (tertiary/aromatic N) is 3. The molecule has 1 amide bonds. The number of piperidine rings is 1. The normalized spacial score (nSPS) is 16.7. The van der Waals surface area contributed by atoms with Gasteiger partial charge in [-0.15, -0.1) is 0 Å². The Balaban J connectivity index is 1.97. The molecule has 0 atom stereocenters. The minimum Gasteiger partial charge on any atom is -0.343 e. The van der Waals surface area contributed by atoms with Gasteiger partial charge in [0.2, 0.25) is 5.91 Å². The van der Waals surface area contributed by atoms with E-state index in [1.54, 1.807) is 26.0 Å². The molecular weight excluding hydrogens is 374 g/mol. The van der Waals surface area contributed by atoms with Gasteiger partial charge in [0.25, 0.3) is 0 Å². The highest BCUT2D eigenvalue weighted by Gasteiger charge is 2.27. The molecule has 0 N–H and O–H groups in total. The molecule has 7 heteroatoms. The number of amides is 1. The Morgan fingerprint density at radius 2 is 1.86 bits per heavy atom. The van der Waals surface area contributed by atoms with E-state index in [4.69, 9.17) is 4.98 Å². The Bertz CT molecular complexity index is 978. The predicted octanol–water partition coefficient (Wildman–Crippen LogP) is 3.39. The van der Waals surface area contributed by atoms with E-state index in [0.717, 1.165) is 49.3 Å². The Morgan fingerprint density at radius 1 is 1.21 bits per heavy atom. The molecule has 0 radical (unpaired) electrons. The van der Waals surface area contributed by atoms with Crippen molar-refractivity contribution < 1.29 is 13.2 Å². The van der Waals surface area contributed by atoms with E-state index in [0.29, 0.717) is 10.8 Å². The van der Waals surface area contributed by atoms with E-state index in [2.05, 4.69) is 25.3 Å². The molecule has 0 bridgehead atoms. The number of carbonyl (C=O) groups excluding carboxylic acids is 1. The lowest BCUT2D eigenvalue weighted by molar-refractivity contribution is -0.130. The summed E-state index contributed by atoms with van der Waals surface area (Å²) in [5.41, 5.74) is 1.57. The van der Waals surface area contributed by atoms with Crippen LogP contribution in [-0.4, -0.2) is 47.6 Å². The Hall–Kier alpha value is -1.89. The zero-order valence-corrected chi connectivity index (χ0v) is 18.3. The first-order valence-corrected chi connectivity index (χ1v) is 11.7. The lowest BCUT2D eigenvalue weighted by Gasteiger charge is -2.32. The largest absolute Gasteiger partial charge is 0.343 e. The molecule has 1 saturated heterocycles. The first-order valence-electron chi connectivity index (χ1n) is 10.0. The summed E-state index contributed by atoms with van der Waals surface area (Å²) < 4.78 is 26.8. The smallest absolute Gasteiger partial charge is 0.219 e. The summed E-state index contributed by atoms with van der Waals surface area (Å²) in [6, 6.07) is 5.30. The van der Waals surface area contributed by atoms with Crippen molar-refractivity contribution in [2.45, 2.75) is 64.3 Å². The van der Waals surface area contributed by atoms with Crippen LogP contribution in [0, 0.1) is 5.92 Å². The Labute approximate surface area is 167 Å². The van der Waals surface area contributed by atoms with Crippen LogP contribution in [0.3, 0.4) is 0 Å². The minimum absolute atomic E-state index is 0.0834. The molecule has 6 nitrogen and oxygen atoms in total. The molecule has 1 fully saturated rings. The van der Waals surface area contributed by atoms with Crippen LogP contribution in [0.25, 0.3) is 11.0 Å². The van der Waals surface area contributed by atoms with Gasteiger partial charge in [-0.3, -0.25) is 4.79 Å². The lowest BCUT2D eigenvalue weighted by Crippen LogP contribution is -2.38. The third-order valence-electron chi connectivity index (χ3n) is 5.63. The van der Waals surface area contributed by atoms with Crippen LogP contribution >= 0.6 is 0 Å². The number of likely N-dealkylation sites (tertiary alicyclic amines) is 1. The molecule has 154 valence electrons. The highest BCUT2D eigenvalue weighted by Crippen LogP contribution is 2.30. The maximum atomic E-state index is 12.3. The second-order valence-electron chi connectivity index (χ2n) is 8.80. The van der Waals surface area contributed by atoms with Gasteiger partial charge in [0.1, 0.15) is 5.82 Å². The summed E-state index contributed by atoms with van der Waals surface area (Å²) in [7, 11) is -3.26. The average Bonchev–Trinajstić information content (AvgIpc) is 3.00. The van der Waals surface area contributed by atoms with Crippen LogP contribution in [0.2, 0.25) is 0 Å². The predicted molar refractivity (Wildman–Crippen MR) is 111 cm³/mol. The zero-order valence-electron chi connectivity index (χ0n) is 17.5. The molecule has 1 aliphatic heterocycles. The fraction of sp³-hybridized carbons (Fsp3) is 0.619. The molecule has 28 heavy (non-hydrogen) atoms. The number of sulfone groups is 1. The summed E-state index contributed by atoms with van der Waals surface area (Å²) in [5, 5.41) is 0. The van der Waals surface area contributed by atoms with E-state index in [-0.39, 0.29) is 17.1 Å². The molecular formula is C21H31N3O3S. The minimum atomic E-state index is -3.26. The van der Waals surface area contributed by atoms with Crippen molar-refractivity contribution in [1.29, 1.82) is 0 Å². The number of benzene rings is 1. The number of carbonyl (C=O) groups is 1. The zero-order chi connectivity index (χ0) is 20.7. The summed E-state index contributed by atoms with van der Waals surface area (Å²) in [6.07, 6.45) is 1.95. The average molecular weight is 406 g/mol. The molecule has 2 heterocycles. The number of hydrogen-bond donors (Lipinski definition) is 0. The molecule has 1 aromatic carbocycles. The van der Waals surface area contributed by atoms with Gasteiger partial charge in [-0.05, 0) is 37.0 Å². The van der Waals surface area contributed by atoms with Crippen molar-refractivity contribution in [3.63, 3.8) is 0 Å². The van der Waals surface area contributed by atoms with Gasteiger partial charge in [0.15, 0.2) is 9.84 Å². The highest BCUT2D eigenvalue weighted by atomic mass is 32.2. The lowest BCUT2D eigenvalue weighted by atomic mass is 9.93. The molecule has 0 saturated carbocycles. The molecule has 3 rings (SSSR count). The van der Waals surface area contributed by atoms with Crippen molar-refractivity contribution in [1.82, 2.24) is 14.5 Å². The van der Waals surface area contributed by atoms with Crippen LogP contribution in [0.15, 0.2) is 23.1 Å². The Morgan fingerprint density at radius 3 is 2.39 bits per heavy atom. The van der Waals surface area contributed by atoms with Gasteiger partial charge in [0, 0.05) is 32.0 Å². The van der Waals surface area contributed by atoms with Gasteiger partial charge < -0.3 is 9.47 Å². The molecule has 1 aliphatic rings. The van der Waals surface area contributed by atoms with Crippen LogP contribution in [0.5, 0.6) is 0 Å². The fourth-order valence-corrected chi connectivity index (χ4v) is 4.82. The van der Waals surface area contributed by atoms with Crippen molar-refractivity contribution in [3.8, 4) is 0 Å². The maximum absolute atomic E-state index is 12.3. The molecule has 0 unspecified atom stereocenters. The van der Waals surface area contributed by atoms with Gasteiger partial charge in [-0.25, -0.2) is 13.4 Å². The van der Waals surface area contributed by atoms with Crippen molar-refractivity contribution in [3.05, 3.63) is 24.0 Å². The van der Waals surface area contributed by atoms with Crippen molar-refractivity contribution >= 4 is 26.8 Å². The molecule has 2 aromatic rings. The topological polar surface area (TPSA) is 72.3 Å². The molecule has 0 spiro atoms. The summed E-state index contributed by atoms with van der Waals surface area (Å²) in [6.45, 7) is 12.1. The Kier molecular flexibility index (Phi) is 5.58. The van der Waals surface area contributed by atoms with Crippen LogP contribution < -0.4 is 0 Å². The number of hydrogen-bond acceptors (Lipinski definition) is 4. The van der Waals surface area contributed by atoms with Gasteiger partial charge in [0.05, 0.1) is 21.7 Å². The highest BCUT2D eigenvalue weighted by molar-refractivity contribution is 7.91. The van der Waals surface area contributed by atoms with Crippen molar-refractivity contribution in [2.75, 3.05) is 18.8 Å². The summed E-state index contributed by atoms with van der Waals surface area (Å²) in [5.74, 6) is 1.68. The monoisotopic (exact) mass is 405 g/mol. The number of imidazole rings is 1. The second-order valence-corrected chi connectivity index (χ2v) is 11.1. The third kappa shape index (κ3) is 4.09. The van der Waals surface area contributed by atoms with Gasteiger partial charge in [-0.1, -0.05) is 27.7 Å². The van der Waals surface area contributed by atoms with E-state index in [1.165, 1.54) is 0 Å². The fourth-order valence-electron chi connectivity index (χ4n) is 3.92. The molecule has 1 aromatic heterocycles. The van der Waals surface area contributed by atoms with Gasteiger partial charge >= 0.3 is 0 Å². The van der Waals surface area contributed by atoms with Crippen LogP contribution in [0.1, 0.15) is 53.3 Å². The standard InChI is InChI=1S/C21H31N3O3S/c1-6-28(26,27)17-7-8-19-18(13-17)22-20(21(3,4)5)24(19)14-16-9-11-23(12-10-16)15(2)25/h7-8,13,16H,6,9-12,14H2,1-5H3. The third-order valence-corrected chi connectivity index (χ3v) is 7.36. The van der Waals surface area contributed by atoms with Crippen LogP contribution in [-0.2, 0) is 26.6 Å². The van der Waals surface area contributed by atoms with Gasteiger partial charge in [-0.2, -0.15) is 0 Å². The van der Waals surface area contributed by atoms with E-state index in [9.17, 15) is 13.2 Å². The maximum Gasteiger partial charge on any atom is 0.219 e. The first kappa shape index (κ1) is 20.8. The van der Waals surface area contributed by atoms with E-state index >= 15 is 0 Å². The number of rotatable bonds is 4. The summed E-state index contributed by atoms with van der Waals surface area (Å²) in [4.78, 5) is 18.7. The number of aromatic nitrogens is 2. The molecule has 0 aliphatic carbocycles. The van der Waals surface area contributed by atoms with E-state index < -0.39 is 9.84 Å². The van der Waals surface area contributed by atoms with Crippen molar-refractivity contribution in [2.24, 2.45) is 5.92 Å². The SMILES string of the molecule is CCS(=O)(=O)c1ccc2c(c1)nc(C(C)(C)C)n2CC1CCN(C(C)=O)CC1. The number of fused-ring (bicyclic) bond motifs is 1. The van der Waals surface area contributed by atoms with E-state index in [1.807, 2.05) is 11.0 Å². The van der Waals surface area contributed by atoms with Crippen LogP contribution in [0.4, 0.5) is 0 Å². The quantitative estimate of drug-likeness (QED) is 0.782.